The third-order valence-electron chi connectivity index (χ3n) is 2.67. The molecule has 0 saturated heterocycles. The summed E-state index contributed by atoms with van der Waals surface area (Å²) in [5.74, 6) is 0.500. The maximum atomic E-state index is 11.8. The minimum atomic E-state index is -0.0940. The van der Waals surface area contributed by atoms with Gasteiger partial charge in [0.1, 0.15) is 4.47 Å². The molecule has 0 fully saturated rings. The molecule has 0 spiro atoms. The smallest absolute Gasteiger partial charge is 0.283 e. The van der Waals surface area contributed by atoms with E-state index in [4.69, 9.17) is 0 Å². The van der Waals surface area contributed by atoms with Crippen molar-refractivity contribution in [2.24, 2.45) is 5.92 Å². The molecular formula is C11H18BrN3O. The van der Waals surface area contributed by atoms with Gasteiger partial charge in [0.15, 0.2) is 0 Å². The first-order valence-electron chi connectivity index (χ1n) is 5.49. The Morgan fingerprint density at radius 2 is 2.12 bits per heavy atom. The molecule has 1 aromatic rings. The summed E-state index contributed by atoms with van der Waals surface area (Å²) in [6, 6.07) is 0.301. The van der Waals surface area contributed by atoms with Crippen LogP contribution in [0.1, 0.15) is 27.7 Å². The predicted molar refractivity (Wildman–Crippen MR) is 69.8 cm³/mol. The molecule has 1 rings (SSSR count). The quantitative estimate of drug-likeness (QED) is 0.926. The summed E-state index contributed by atoms with van der Waals surface area (Å²) in [6.45, 7) is 8.82. The molecule has 0 aliphatic carbocycles. The van der Waals surface area contributed by atoms with E-state index >= 15 is 0 Å². The summed E-state index contributed by atoms with van der Waals surface area (Å²) in [7, 11) is 0. The molecule has 1 aromatic heterocycles. The van der Waals surface area contributed by atoms with Gasteiger partial charge in [0, 0.05) is 12.6 Å². The first-order valence-corrected chi connectivity index (χ1v) is 6.28. The van der Waals surface area contributed by atoms with Crippen LogP contribution in [0.25, 0.3) is 0 Å². The second-order valence-electron chi connectivity index (χ2n) is 4.17. The fraction of sp³-hybridized carbons (Fsp3) is 0.636. The Kier molecular flexibility index (Phi) is 4.53. The van der Waals surface area contributed by atoms with Crippen molar-refractivity contribution in [3.63, 3.8) is 0 Å². The van der Waals surface area contributed by atoms with Crippen LogP contribution in [0.4, 0.5) is 5.69 Å². The lowest BCUT2D eigenvalue weighted by molar-refractivity contribution is 0.556. The number of aromatic nitrogens is 2. The van der Waals surface area contributed by atoms with Gasteiger partial charge >= 0.3 is 0 Å². The topological polar surface area (TPSA) is 46.9 Å². The van der Waals surface area contributed by atoms with Crippen molar-refractivity contribution in [2.75, 3.05) is 5.32 Å². The average Bonchev–Trinajstić information content (AvgIpc) is 2.25. The van der Waals surface area contributed by atoms with Gasteiger partial charge in [-0.2, -0.15) is 5.10 Å². The Morgan fingerprint density at radius 1 is 1.50 bits per heavy atom. The highest BCUT2D eigenvalue weighted by atomic mass is 79.9. The van der Waals surface area contributed by atoms with Crippen molar-refractivity contribution in [3.05, 3.63) is 21.0 Å². The molecule has 5 heteroatoms. The number of nitrogens with one attached hydrogen (secondary N) is 1. The lowest BCUT2D eigenvalue weighted by Crippen LogP contribution is -2.27. The molecular weight excluding hydrogens is 270 g/mol. The van der Waals surface area contributed by atoms with Crippen LogP contribution in [0, 0.1) is 5.92 Å². The molecule has 0 aromatic carbocycles. The third kappa shape index (κ3) is 2.84. The van der Waals surface area contributed by atoms with E-state index in [0.29, 0.717) is 23.0 Å². The lowest BCUT2D eigenvalue weighted by atomic mass is 10.1. The Morgan fingerprint density at radius 3 is 2.62 bits per heavy atom. The Hall–Kier alpha value is -0.840. The van der Waals surface area contributed by atoms with Crippen LogP contribution >= 0.6 is 15.9 Å². The minimum absolute atomic E-state index is 0.0940. The average molecular weight is 288 g/mol. The van der Waals surface area contributed by atoms with E-state index in [1.807, 2.05) is 6.92 Å². The Balaban J connectivity index is 2.99. The molecule has 0 amide bonds. The molecule has 1 unspecified atom stereocenters. The molecule has 90 valence electrons. The minimum Gasteiger partial charge on any atom is -0.380 e. The van der Waals surface area contributed by atoms with E-state index in [1.54, 1.807) is 6.20 Å². The molecule has 1 heterocycles. The van der Waals surface area contributed by atoms with Crippen molar-refractivity contribution >= 4 is 21.6 Å². The number of rotatable bonds is 4. The normalized spacial score (nSPS) is 12.9. The van der Waals surface area contributed by atoms with Gasteiger partial charge in [-0.25, -0.2) is 4.68 Å². The van der Waals surface area contributed by atoms with Gasteiger partial charge in [-0.1, -0.05) is 13.8 Å². The standard InChI is InChI=1S/C11H18BrN3O/c1-5-15-11(16)10(12)9(6-13-15)14-8(4)7(2)3/h6-8,14H,5H2,1-4H3. The van der Waals surface area contributed by atoms with Gasteiger partial charge in [-0.3, -0.25) is 4.79 Å². The van der Waals surface area contributed by atoms with Gasteiger partial charge < -0.3 is 5.32 Å². The first-order chi connectivity index (χ1) is 7.47. The highest BCUT2D eigenvalue weighted by Crippen LogP contribution is 2.18. The monoisotopic (exact) mass is 287 g/mol. The summed E-state index contributed by atoms with van der Waals surface area (Å²) >= 11 is 3.31. The number of aryl methyl sites for hydroxylation is 1. The van der Waals surface area contributed by atoms with E-state index in [9.17, 15) is 4.79 Å². The maximum Gasteiger partial charge on any atom is 0.283 e. The SMILES string of the molecule is CCn1ncc(NC(C)C(C)C)c(Br)c1=O. The first kappa shape index (κ1) is 13.2. The van der Waals surface area contributed by atoms with Crippen LogP contribution in [0.2, 0.25) is 0 Å². The molecule has 0 bridgehead atoms. The summed E-state index contributed by atoms with van der Waals surface area (Å²) in [4.78, 5) is 11.8. The van der Waals surface area contributed by atoms with Crippen molar-refractivity contribution in [1.82, 2.24) is 9.78 Å². The second-order valence-corrected chi connectivity index (χ2v) is 4.96. The number of hydrogen-bond acceptors (Lipinski definition) is 3. The van der Waals surface area contributed by atoms with Crippen molar-refractivity contribution in [2.45, 2.75) is 40.3 Å². The van der Waals surface area contributed by atoms with E-state index in [1.165, 1.54) is 4.68 Å². The highest BCUT2D eigenvalue weighted by Gasteiger charge is 2.12. The van der Waals surface area contributed by atoms with Crippen LogP contribution in [-0.4, -0.2) is 15.8 Å². The van der Waals surface area contributed by atoms with Gasteiger partial charge in [0.25, 0.3) is 5.56 Å². The largest absolute Gasteiger partial charge is 0.380 e. The molecule has 0 saturated carbocycles. The highest BCUT2D eigenvalue weighted by molar-refractivity contribution is 9.10. The molecule has 0 aliphatic heterocycles. The van der Waals surface area contributed by atoms with Crippen LogP contribution in [0.15, 0.2) is 15.5 Å². The number of hydrogen-bond donors (Lipinski definition) is 1. The Bertz CT molecular complexity index is 414. The second kappa shape index (κ2) is 5.48. The zero-order valence-corrected chi connectivity index (χ0v) is 11.7. The maximum absolute atomic E-state index is 11.8. The number of anilines is 1. The molecule has 1 N–H and O–H groups in total. The molecule has 0 aliphatic rings. The predicted octanol–water partition coefficient (Wildman–Crippen LogP) is 2.48. The van der Waals surface area contributed by atoms with Gasteiger partial charge in [-0.15, -0.1) is 0 Å². The zero-order chi connectivity index (χ0) is 12.3. The van der Waals surface area contributed by atoms with E-state index < -0.39 is 0 Å². The summed E-state index contributed by atoms with van der Waals surface area (Å²) in [5.41, 5.74) is 0.666. The molecule has 0 radical (unpaired) electrons. The molecule has 4 nitrogen and oxygen atoms in total. The van der Waals surface area contributed by atoms with Crippen molar-refractivity contribution in [1.29, 1.82) is 0 Å². The van der Waals surface area contributed by atoms with Crippen LogP contribution in [0.3, 0.4) is 0 Å². The summed E-state index contributed by atoms with van der Waals surface area (Å²) in [6.07, 6.45) is 1.69. The lowest BCUT2D eigenvalue weighted by Gasteiger charge is -2.19. The molecule has 1 atom stereocenters. The Labute approximate surface area is 104 Å². The fourth-order valence-corrected chi connectivity index (χ4v) is 1.62. The summed E-state index contributed by atoms with van der Waals surface area (Å²) < 4.78 is 1.98. The van der Waals surface area contributed by atoms with Gasteiger partial charge in [0.05, 0.1) is 11.9 Å². The van der Waals surface area contributed by atoms with Gasteiger partial charge in [0.2, 0.25) is 0 Å². The van der Waals surface area contributed by atoms with Crippen molar-refractivity contribution < 1.29 is 0 Å². The zero-order valence-electron chi connectivity index (χ0n) is 10.1. The van der Waals surface area contributed by atoms with Crippen molar-refractivity contribution in [3.8, 4) is 0 Å². The van der Waals surface area contributed by atoms with Crippen LogP contribution < -0.4 is 10.9 Å². The molecule has 16 heavy (non-hydrogen) atoms. The van der Waals surface area contributed by atoms with Crippen LogP contribution in [-0.2, 0) is 6.54 Å². The number of halogens is 1. The van der Waals surface area contributed by atoms with Gasteiger partial charge in [-0.05, 0) is 35.7 Å². The summed E-state index contributed by atoms with van der Waals surface area (Å²) in [5, 5.41) is 7.36. The van der Waals surface area contributed by atoms with E-state index in [0.717, 1.165) is 5.69 Å². The third-order valence-corrected chi connectivity index (χ3v) is 3.43. The number of nitrogens with zero attached hydrogens (tertiary/aromatic N) is 2. The fourth-order valence-electron chi connectivity index (χ4n) is 1.20. The van der Waals surface area contributed by atoms with E-state index in [2.05, 4.69) is 47.1 Å². The van der Waals surface area contributed by atoms with Crippen LogP contribution in [0.5, 0.6) is 0 Å². The van der Waals surface area contributed by atoms with E-state index in [-0.39, 0.29) is 5.56 Å².